The lowest BCUT2D eigenvalue weighted by atomic mass is 10.1. The summed E-state index contributed by atoms with van der Waals surface area (Å²) in [7, 11) is 3.72. The zero-order valence-electron chi connectivity index (χ0n) is 14.3. The maximum atomic E-state index is 11.7. The molecule has 0 aliphatic rings. The fraction of sp³-hybridized carbons (Fsp3) is 0.333. The van der Waals surface area contributed by atoms with Crippen molar-refractivity contribution in [3.63, 3.8) is 0 Å². The number of carbonyl (C=O) groups is 1. The molecule has 7 heteroatoms. The minimum absolute atomic E-state index is 0.135. The van der Waals surface area contributed by atoms with Gasteiger partial charge >= 0.3 is 6.09 Å². The van der Waals surface area contributed by atoms with Crippen molar-refractivity contribution in [2.45, 2.75) is 18.8 Å². The molecular weight excluding hydrogens is 322 g/mol. The van der Waals surface area contributed by atoms with Gasteiger partial charge in [-0.25, -0.2) is 9.78 Å². The van der Waals surface area contributed by atoms with E-state index in [1.165, 1.54) is 6.20 Å². The first-order chi connectivity index (χ1) is 12.0. The molecular formula is C18H23N3O4. The summed E-state index contributed by atoms with van der Waals surface area (Å²) < 4.78 is 5.05. The average Bonchev–Trinajstić information content (AvgIpc) is 2.64. The molecule has 0 radical (unpaired) electrons. The van der Waals surface area contributed by atoms with Gasteiger partial charge in [-0.3, -0.25) is 0 Å². The van der Waals surface area contributed by atoms with Crippen molar-refractivity contribution in [3.05, 3.63) is 59.8 Å². The van der Waals surface area contributed by atoms with Crippen LogP contribution in [0.2, 0.25) is 0 Å². The number of alkyl carbamates (subject to hydrolysis) is 1. The van der Waals surface area contributed by atoms with Gasteiger partial charge in [0.15, 0.2) is 0 Å². The number of carbonyl (C=O) groups excluding carboxylic acids is 1. The summed E-state index contributed by atoms with van der Waals surface area (Å²) in [5.41, 5.74) is 1.34. The maximum Gasteiger partial charge on any atom is 0.407 e. The van der Waals surface area contributed by atoms with E-state index in [4.69, 9.17) is 4.74 Å². The minimum Gasteiger partial charge on any atom is -0.445 e. The molecule has 25 heavy (non-hydrogen) atoms. The molecule has 2 aromatic rings. The number of anilines is 1. The summed E-state index contributed by atoms with van der Waals surface area (Å²) in [4.78, 5) is 17.7. The molecule has 2 rings (SSSR count). The number of benzene rings is 1. The van der Waals surface area contributed by atoms with Gasteiger partial charge in [0.25, 0.3) is 0 Å². The number of aliphatic hydroxyl groups is 2. The minimum atomic E-state index is -1.17. The summed E-state index contributed by atoms with van der Waals surface area (Å²) in [6.07, 6.45) is -1.48. The maximum absolute atomic E-state index is 11.7. The number of rotatable bonds is 7. The Morgan fingerprint density at radius 1 is 1.20 bits per heavy atom. The number of nitrogens with zero attached hydrogens (tertiary/aromatic N) is 2. The van der Waals surface area contributed by atoms with E-state index in [0.717, 1.165) is 11.4 Å². The number of ether oxygens (including phenoxy) is 1. The first-order valence-electron chi connectivity index (χ1n) is 7.91. The predicted octanol–water partition coefficient (Wildman–Crippen LogP) is 1.47. The summed E-state index contributed by atoms with van der Waals surface area (Å²) in [5, 5.41) is 22.6. The highest BCUT2D eigenvalue weighted by Crippen LogP contribution is 2.18. The standard InChI is InChI=1S/C18H23N3O4/c1-21(2)16-9-8-14(10-19-16)17(23)15(22)11-20-18(24)25-12-13-6-4-3-5-7-13/h3-10,15,17,22-23H,11-12H2,1-2H3,(H,20,24). The lowest BCUT2D eigenvalue weighted by Crippen LogP contribution is -2.35. The van der Waals surface area contributed by atoms with Crippen LogP contribution in [0.1, 0.15) is 17.2 Å². The highest BCUT2D eigenvalue weighted by molar-refractivity contribution is 5.67. The van der Waals surface area contributed by atoms with Crippen LogP contribution in [0.15, 0.2) is 48.7 Å². The van der Waals surface area contributed by atoms with Crippen molar-refractivity contribution < 1.29 is 19.7 Å². The van der Waals surface area contributed by atoms with Crippen molar-refractivity contribution in [1.82, 2.24) is 10.3 Å². The van der Waals surface area contributed by atoms with Crippen molar-refractivity contribution in [2.75, 3.05) is 25.5 Å². The summed E-state index contributed by atoms with van der Waals surface area (Å²) in [6.45, 7) is 0.00542. The van der Waals surface area contributed by atoms with Gasteiger partial charge in [0.05, 0.1) is 0 Å². The summed E-state index contributed by atoms with van der Waals surface area (Å²) in [5.74, 6) is 0.744. The van der Waals surface area contributed by atoms with Crippen LogP contribution in [-0.4, -0.2) is 48.0 Å². The lowest BCUT2D eigenvalue weighted by molar-refractivity contribution is 0.0182. The molecule has 1 aromatic heterocycles. The molecule has 0 saturated carbocycles. The van der Waals surface area contributed by atoms with Crippen molar-refractivity contribution in [1.29, 1.82) is 0 Å². The van der Waals surface area contributed by atoms with Gasteiger partial charge < -0.3 is 25.2 Å². The van der Waals surface area contributed by atoms with Crippen LogP contribution in [0.4, 0.5) is 10.6 Å². The first kappa shape index (κ1) is 18.7. The predicted molar refractivity (Wildman–Crippen MR) is 94.2 cm³/mol. The second kappa shape index (κ2) is 9.00. The van der Waals surface area contributed by atoms with E-state index >= 15 is 0 Å². The van der Waals surface area contributed by atoms with E-state index in [1.54, 1.807) is 12.1 Å². The number of pyridine rings is 1. The Morgan fingerprint density at radius 3 is 2.52 bits per heavy atom. The molecule has 1 amide bonds. The topological polar surface area (TPSA) is 94.9 Å². The number of aliphatic hydroxyl groups excluding tert-OH is 2. The molecule has 1 aromatic carbocycles. The van der Waals surface area contributed by atoms with Gasteiger partial charge in [0.1, 0.15) is 24.6 Å². The van der Waals surface area contributed by atoms with Crippen molar-refractivity contribution in [2.24, 2.45) is 0 Å². The molecule has 0 saturated heterocycles. The molecule has 134 valence electrons. The fourth-order valence-corrected chi connectivity index (χ4v) is 2.13. The van der Waals surface area contributed by atoms with Crippen LogP contribution in [0.25, 0.3) is 0 Å². The van der Waals surface area contributed by atoms with E-state index in [9.17, 15) is 15.0 Å². The van der Waals surface area contributed by atoms with E-state index in [0.29, 0.717) is 5.56 Å². The van der Waals surface area contributed by atoms with Crippen LogP contribution in [-0.2, 0) is 11.3 Å². The van der Waals surface area contributed by atoms with Gasteiger partial charge in [0.2, 0.25) is 0 Å². The number of nitrogens with one attached hydrogen (secondary N) is 1. The molecule has 2 atom stereocenters. The third-order valence-corrected chi connectivity index (χ3v) is 3.60. The van der Waals surface area contributed by atoms with Gasteiger partial charge in [-0.1, -0.05) is 36.4 Å². The van der Waals surface area contributed by atoms with E-state index in [1.807, 2.05) is 49.3 Å². The zero-order chi connectivity index (χ0) is 18.2. The van der Waals surface area contributed by atoms with E-state index in [-0.39, 0.29) is 13.2 Å². The Hall–Kier alpha value is -2.64. The molecule has 0 bridgehead atoms. The second-order valence-electron chi connectivity index (χ2n) is 5.80. The molecule has 0 fully saturated rings. The van der Waals surface area contributed by atoms with E-state index < -0.39 is 18.3 Å². The fourth-order valence-electron chi connectivity index (χ4n) is 2.13. The third kappa shape index (κ3) is 5.74. The number of amides is 1. The third-order valence-electron chi connectivity index (χ3n) is 3.60. The quantitative estimate of drug-likeness (QED) is 0.703. The molecule has 2 unspecified atom stereocenters. The number of hydrogen-bond acceptors (Lipinski definition) is 6. The van der Waals surface area contributed by atoms with Gasteiger partial charge in [-0.05, 0) is 11.6 Å². The van der Waals surface area contributed by atoms with Crippen LogP contribution in [0, 0.1) is 0 Å². The molecule has 0 aliphatic carbocycles. The average molecular weight is 345 g/mol. The number of aromatic nitrogens is 1. The molecule has 3 N–H and O–H groups in total. The molecule has 0 spiro atoms. The van der Waals surface area contributed by atoms with Crippen molar-refractivity contribution >= 4 is 11.9 Å². The van der Waals surface area contributed by atoms with Crippen LogP contribution in [0.3, 0.4) is 0 Å². The zero-order valence-corrected chi connectivity index (χ0v) is 14.3. The summed E-state index contributed by atoms with van der Waals surface area (Å²) in [6, 6.07) is 12.7. The highest BCUT2D eigenvalue weighted by Gasteiger charge is 2.20. The Kier molecular flexibility index (Phi) is 6.73. The second-order valence-corrected chi connectivity index (χ2v) is 5.80. The van der Waals surface area contributed by atoms with Gasteiger partial charge in [-0.15, -0.1) is 0 Å². The van der Waals surface area contributed by atoms with Crippen LogP contribution in [0.5, 0.6) is 0 Å². The van der Waals surface area contributed by atoms with Crippen molar-refractivity contribution in [3.8, 4) is 0 Å². The van der Waals surface area contributed by atoms with Gasteiger partial charge in [-0.2, -0.15) is 0 Å². The Morgan fingerprint density at radius 2 is 1.92 bits per heavy atom. The highest BCUT2D eigenvalue weighted by atomic mass is 16.5. The smallest absolute Gasteiger partial charge is 0.407 e. The molecule has 0 aliphatic heterocycles. The molecule has 7 nitrogen and oxygen atoms in total. The monoisotopic (exact) mass is 345 g/mol. The first-order valence-corrected chi connectivity index (χ1v) is 7.91. The van der Waals surface area contributed by atoms with Crippen LogP contribution < -0.4 is 10.2 Å². The summed E-state index contributed by atoms with van der Waals surface area (Å²) >= 11 is 0. The number of hydrogen-bond donors (Lipinski definition) is 3. The van der Waals surface area contributed by atoms with Gasteiger partial charge in [0, 0.05) is 32.4 Å². The Labute approximate surface area is 146 Å². The Bertz CT molecular complexity index is 662. The lowest BCUT2D eigenvalue weighted by Gasteiger charge is -2.19. The SMILES string of the molecule is CN(C)c1ccc(C(O)C(O)CNC(=O)OCc2ccccc2)cn1. The largest absolute Gasteiger partial charge is 0.445 e. The normalized spacial score (nSPS) is 13.0. The molecule has 1 heterocycles. The van der Waals surface area contributed by atoms with Crippen LogP contribution >= 0.6 is 0 Å². The van der Waals surface area contributed by atoms with E-state index in [2.05, 4.69) is 10.3 Å². The Balaban J connectivity index is 1.78.